The minimum absolute atomic E-state index is 0.159. The molecule has 0 aliphatic heterocycles. The number of nitrogens with zero attached hydrogens (tertiary/aromatic N) is 1. The van der Waals surface area contributed by atoms with Gasteiger partial charge in [0.1, 0.15) is 11.3 Å². The van der Waals surface area contributed by atoms with E-state index in [1.165, 1.54) is 6.07 Å². The van der Waals surface area contributed by atoms with Crippen LogP contribution in [-0.2, 0) is 11.2 Å². The van der Waals surface area contributed by atoms with Crippen molar-refractivity contribution in [1.29, 1.82) is 0 Å². The van der Waals surface area contributed by atoms with Crippen LogP contribution in [0.25, 0.3) is 11.0 Å². The smallest absolute Gasteiger partial charge is 0.303 e. The van der Waals surface area contributed by atoms with E-state index in [1.54, 1.807) is 12.1 Å². The molecule has 1 aromatic carbocycles. The van der Waals surface area contributed by atoms with Crippen molar-refractivity contribution in [3.63, 3.8) is 0 Å². The first-order valence-electron chi connectivity index (χ1n) is 7.43. The van der Waals surface area contributed by atoms with E-state index in [-0.39, 0.29) is 17.7 Å². The summed E-state index contributed by atoms with van der Waals surface area (Å²) in [5.74, 6) is -0.414. The van der Waals surface area contributed by atoms with Crippen molar-refractivity contribution >= 4 is 17.0 Å². The first kappa shape index (κ1) is 14.0. The molecule has 1 saturated carbocycles. The van der Waals surface area contributed by atoms with Crippen LogP contribution in [0.2, 0.25) is 0 Å². The Hall–Kier alpha value is -1.91. The second kappa shape index (κ2) is 5.47. The zero-order chi connectivity index (χ0) is 14.9. The predicted molar refractivity (Wildman–Crippen MR) is 77.5 cm³/mol. The monoisotopic (exact) mass is 290 g/mol. The average molecular weight is 290 g/mol. The van der Waals surface area contributed by atoms with Crippen molar-refractivity contribution in [3.05, 3.63) is 29.8 Å². The van der Waals surface area contributed by atoms with Gasteiger partial charge in [0.15, 0.2) is 5.82 Å². The summed E-state index contributed by atoms with van der Waals surface area (Å²) in [6, 6.07) is 4.83. The van der Waals surface area contributed by atoms with Crippen molar-refractivity contribution in [2.24, 2.45) is 5.41 Å². The molecule has 1 aromatic heterocycles. The molecule has 1 fully saturated rings. The van der Waals surface area contributed by atoms with Crippen LogP contribution in [0.3, 0.4) is 0 Å². The summed E-state index contributed by atoms with van der Waals surface area (Å²) in [5.41, 5.74) is 0.772. The molecule has 0 saturated heterocycles. The number of carboxylic acid groups (broad SMARTS) is 1. The molecule has 0 amide bonds. The number of benzene rings is 1. The first-order valence-corrected chi connectivity index (χ1v) is 7.43. The molecule has 1 aliphatic carbocycles. The molecular formula is C16H19FN2O2. The van der Waals surface area contributed by atoms with E-state index in [4.69, 9.17) is 0 Å². The van der Waals surface area contributed by atoms with Gasteiger partial charge in [-0.15, -0.1) is 0 Å². The van der Waals surface area contributed by atoms with Crippen molar-refractivity contribution in [2.45, 2.75) is 44.9 Å². The molecule has 1 heterocycles. The Bertz CT molecular complexity index is 659. The number of halogens is 1. The molecule has 2 N–H and O–H groups in total. The normalized spacial score (nSPS) is 18.0. The number of imidazole rings is 1. The molecule has 4 nitrogen and oxygen atoms in total. The second-order valence-electron chi connectivity index (χ2n) is 6.13. The van der Waals surface area contributed by atoms with Gasteiger partial charge in [-0.3, -0.25) is 4.79 Å². The van der Waals surface area contributed by atoms with Crippen molar-refractivity contribution in [1.82, 2.24) is 9.97 Å². The Morgan fingerprint density at radius 1 is 1.33 bits per heavy atom. The highest BCUT2D eigenvalue weighted by atomic mass is 19.1. The number of carboxylic acids is 1. The second-order valence-corrected chi connectivity index (χ2v) is 6.13. The number of rotatable bonds is 4. The number of aromatic amines is 1. The summed E-state index contributed by atoms with van der Waals surface area (Å²) in [6.07, 6.45) is 5.82. The highest BCUT2D eigenvalue weighted by molar-refractivity contribution is 5.75. The number of fused-ring (bicyclic) bond motifs is 1. The standard InChI is InChI=1S/C16H19FN2O2/c17-11-5-4-6-12-15(11)19-13(18-12)9-16(10-14(20)21)7-2-1-3-8-16/h4-6H,1-3,7-10H2,(H,18,19)(H,20,21). The predicted octanol–water partition coefficient (Wildman–Crippen LogP) is 3.67. The van der Waals surface area contributed by atoms with Crippen LogP contribution >= 0.6 is 0 Å². The average Bonchev–Trinajstić information content (AvgIpc) is 2.82. The molecule has 0 unspecified atom stereocenters. The molecule has 0 bridgehead atoms. The third kappa shape index (κ3) is 2.91. The fourth-order valence-electron chi connectivity index (χ4n) is 3.53. The molecular weight excluding hydrogens is 271 g/mol. The number of carbonyl (C=O) groups is 1. The van der Waals surface area contributed by atoms with Crippen LogP contribution in [0.5, 0.6) is 0 Å². The summed E-state index contributed by atoms with van der Waals surface area (Å²) in [7, 11) is 0. The molecule has 1 aliphatic rings. The van der Waals surface area contributed by atoms with Gasteiger partial charge in [-0.1, -0.05) is 25.3 Å². The summed E-state index contributed by atoms with van der Waals surface area (Å²) in [5, 5.41) is 9.20. The fourth-order valence-corrected chi connectivity index (χ4v) is 3.53. The van der Waals surface area contributed by atoms with Gasteiger partial charge in [-0.25, -0.2) is 9.37 Å². The molecule has 112 valence electrons. The number of aromatic nitrogens is 2. The van der Waals surface area contributed by atoms with Gasteiger partial charge in [0, 0.05) is 6.42 Å². The summed E-state index contributed by atoms with van der Waals surface area (Å²) in [6.45, 7) is 0. The van der Waals surface area contributed by atoms with Crippen molar-refractivity contribution < 1.29 is 14.3 Å². The van der Waals surface area contributed by atoms with Gasteiger partial charge in [0.25, 0.3) is 0 Å². The van der Waals surface area contributed by atoms with Crippen molar-refractivity contribution in [2.75, 3.05) is 0 Å². The Balaban J connectivity index is 1.90. The van der Waals surface area contributed by atoms with Gasteiger partial charge < -0.3 is 10.1 Å². The minimum Gasteiger partial charge on any atom is -0.481 e. The maximum Gasteiger partial charge on any atom is 0.303 e. The number of hydrogen-bond acceptors (Lipinski definition) is 2. The van der Waals surface area contributed by atoms with E-state index in [1.807, 2.05) is 0 Å². The fraction of sp³-hybridized carbons (Fsp3) is 0.500. The maximum absolute atomic E-state index is 13.7. The van der Waals surface area contributed by atoms with Crippen molar-refractivity contribution in [3.8, 4) is 0 Å². The van der Waals surface area contributed by atoms with E-state index in [9.17, 15) is 14.3 Å². The van der Waals surface area contributed by atoms with E-state index in [2.05, 4.69) is 9.97 Å². The summed E-state index contributed by atoms with van der Waals surface area (Å²) < 4.78 is 13.7. The van der Waals surface area contributed by atoms with E-state index < -0.39 is 5.97 Å². The van der Waals surface area contributed by atoms with Gasteiger partial charge in [-0.2, -0.15) is 0 Å². The van der Waals surface area contributed by atoms with Crippen LogP contribution in [-0.4, -0.2) is 21.0 Å². The number of para-hydroxylation sites is 1. The third-order valence-corrected chi connectivity index (χ3v) is 4.50. The molecule has 21 heavy (non-hydrogen) atoms. The topological polar surface area (TPSA) is 66.0 Å². The molecule has 0 atom stereocenters. The minimum atomic E-state index is -0.765. The Morgan fingerprint density at radius 2 is 2.10 bits per heavy atom. The molecule has 5 heteroatoms. The van der Waals surface area contributed by atoms with E-state index >= 15 is 0 Å². The molecule has 3 rings (SSSR count). The zero-order valence-corrected chi connectivity index (χ0v) is 11.9. The molecule has 0 radical (unpaired) electrons. The largest absolute Gasteiger partial charge is 0.481 e. The quantitative estimate of drug-likeness (QED) is 0.903. The van der Waals surface area contributed by atoms with Crippen LogP contribution in [0, 0.1) is 11.2 Å². The number of aliphatic carboxylic acids is 1. The number of hydrogen-bond donors (Lipinski definition) is 2. The lowest BCUT2D eigenvalue weighted by molar-refractivity contribution is -0.140. The number of nitrogens with one attached hydrogen (secondary N) is 1. The van der Waals surface area contributed by atoms with Gasteiger partial charge in [0.05, 0.1) is 11.9 Å². The SMILES string of the molecule is O=C(O)CC1(Cc2nc3c(F)cccc3[nH]2)CCCCC1. The highest BCUT2D eigenvalue weighted by Gasteiger charge is 2.35. The maximum atomic E-state index is 13.7. The molecule has 0 spiro atoms. The third-order valence-electron chi connectivity index (χ3n) is 4.50. The zero-order valence-electron chi connectivity index (χ0n) is 11.9. The lowest BCUT2D eigenvalue weighted by Crippen LogP contribution is -2.30. The Kier molecular flexibility index (Phi) is 3.66. The van der Waals surface area contributed by atoms with Crippen LogP contribution < -0.4 is 0 Å². The van der Waals surface area contributed by atoms with E-state index in [0.29, 0.717) is 23.3 Å². The van der Waals surface area contributed by atoms with Gasteiger partial charge in [-0.05, 0) is 30.4 Å². The van der Waals surface area contributed by atoms with Crippen LogP contribution in [0.1, 0.15) is 44.3 Å². The van der Waals surface area contributed by atoms with Crippen LogP contribution in [0.15, 0.2) is 18.2 Å². The number of H-pyrrole nitrogens is 1. The summed E-state index contributed by atoms with van der Waals surface area (Å²) in [4.78, 5) is 18.7. The summed E-state index contributed by atoms with van der Waals surface area (Å²) >= 11 is 0. The first-order chi connectivity index (χ1) is 10.1. The highest BCUT2D eigenvalue weighted by Crippen LogP contribution is 2.42. The van der Waals surface area contributed by atoms with Gasteiger partial charge in [0.2, 0.25) is 0 Å². The lowest BCUT2D eigenvalue weighted by atomic mass is 9.69. The van der Waals surface area contributed by atoms with Crippen LogP contribution in [0.4, 0.5) is 4.39 Å². The lowest BCUT2D eigenvalue weighted by Gasteiger charge is -2.35. The Morgan fingerprint density at radius 3 is 2.76 bits per heavy atom. The van der Waals surface area contributed by atoms with E-state index in [0.717, 1.165) is 32.1 Å². The Labute approximate surface area is 122 Å². The molecule has 2 aromatic rings. The van der Waals surface area contributed by atoms with Gasteiger partial charge >= 0.3 is 5.97 Å².